The van der Waals surface area contributed by atoms with Crippen molar-refractivity contribution in [3.8, 4) is 5.75 Å². The van der Waals surface area contributed by atoms with E-state index >= 15 is 0 Å². The van der Waals surface area contributed by atoms with Crippen molar-refractivity contribution in [2.24, 2.45) is 0 Å². The number of rotatable bonds is 11. The Bertz CT molecular complexity index is 1410. The fourth-order valence-corrected chi connectivity index (χ4v) is 5.67. The summed E-state index contributed by atoms with van der Waals surface area (Å²) in [6.07, 6.45) is 0. The first-order valence-corrected chi connectivity index (χ1v) is 14.3. The number of nitrogens with one attached hydrogen (secondary N) is 1. The number of nitrogens with zero attached hydrogens (tertiary/aromatic N) is 2. The van der Waals surface area contributed by atoms with Gasteiger partial charge in [-0.2, -0.15) is 0 Å². The van der Waals surface area contributed by atoms with Crippen molar-refractivity contribution in [3.63, 3.8) is 0 Å². The van der Waals surface area contributed by atoms with Crippen LogP contribution >= 0.6 is 0 Å². The van der Waals surface area contributed by atoms with E-state index in [1.54, 1.807) is 63.4 Å². The van der Waals surface area contributed by atoms with E-state index in [0.29, 0.717) is 17.0 Å². The molecular formula is C30H37N3O5S. The van der Waals surface area contributed by atoms with Crippen molar-refractivity contribution in [3.05, 3.63) is 89.5 Å². The number of hydrogen-bond donors (Lipinski definition) is 1. The minimum absolute atomic E-state index is 0.0728. The Morgan fingerprint density at radius 1 is 0.923 bits per heavy atom. The van der Waals surface area contributed by atoms with Gasteiger partial charge in [-0.25, -0.2) is 8.42 Å². The topological polar surface area (TPSA) is 96.0 Å². The third kappa shape index (κ3) is 7.38. The van der Waals surface area contributed by atoms with Crippen LogP contribution in [0.15, 0.2) is 77.7 Å². The largest absolute Gasteiger partial charge is 0.497 e. The molecule has 0 bridgehead atoms. The minimum Gasteiger partial charge on any atom is -0.497 e. The highest BCUT2D eigenvalue weighted by atomic mass is 32.2. The van der Waals surface area contributed by atoms with Gasteiger partial charge in [0.05, 0.1) is 17.7 Å². The van der Waals surface area contributed by atoms with Crippen LogP contribution in [0.25, 0.3) is 0 Å². The lowest BCUT2D eigenvalue weighted by molar-refractivity contribution is -0.139. The van der Waals surface area contributed by atoms with Crippen LogP contribution in [0.3, 0.4) is 0 Å². The monoisotopic (exact) mass is 551 g/mol. The number of carbonyl (C=O) groups is 2. The first-order valence-electron chi connectivity index (χ1n) is 12.8. The predicted molar refractivity (Wildman–Crippen MR) is 153 cm³/mol. The number of ether oxygens (including phenoxy) is 1. The summed E-state index contributed by atoms with van der Waals surface area (Å²) in [6.45, 7) is 8.61. The van der Waals surface area contributed by atoms with Crippen molar-refractivity contribution in [1.82, 2.24) is 10.2 Å². The molecule has 208 valence electrons. The number of amides is 2. The van der Waals surface area contributed by atoms with Crippen molar-refractivity contribution < 1.29 is 22.7 Å². The molecule has 1 N–H and O–H groups in total. The zero-order chi connectivity index (χ0) is 28.7. The zero-order valence-electron chi connectivity index (χ0n) is 23.3. The molecule has 0 saturated carbocycles. The Morgan fingerprint density at radius 2 is 1.62 bits per heavy atom. The summed E-state index contributed by atoms with van der Waals surface area (Å²) in [6, 6.07) is 19.7. The fourth-order valence-electron chi connectivity index (χ4n) is 4.18. The number of anilines is 1. The van der Waals surface area contributed by atoms with E-state index in [2.05, 4.69) is 5.32 Å². The molecule has 0 aromatic heterocycles. The molecule has 0 aliphatic heterocycles. The second kappa shape index (κ2) is 12.8. The third-order valence-electron chi connectivity index (χ3n) is 6.33. The van der Waals surface area contributed by atoms with E-state index in [-0.39, 0.29) is 23.4 Å². The van der Waals surface area contributed by atoms with Gasteiger partial charge < -0.3 is 15.0 Å². The average molecular weight is 552 g/mol. The summed E-state index contributed by atoms with van der Waals surface area (Å²) in [5.74, 6) is -0.224. The van der Waals surface area contributed by atoms with E-state index < -0.39 is 28.5 Å². The van der Waals surface area contributed by atoms with Crippen LogP contribution in [0.5, 0.6) is 5.75 Å². The first kappa shape index (κ1) is 29.7. The number of carbonyl (C=O) groups excluding carboxylic acids is 2. The van der Waals surface area contributed by atoms with Crippen LogP contribution in [0.4, 0.5) is 5.69 Å². The van der Waals surface area contributed by atoms with Crippen molar-refractivity contribution >= 4 is 27.5 Å². The van der Waals surface area contributed by atoms with Crippen molar-refractivity contribution in [2.45, 2.75) is 58.1 Å². The van der Waals surface area contributed by atoms with Gasteiger partial charge in [-0.3, -0.25) is 13.9 Å². The van der Waals surface area contributed by atoms with E-state index in [1.807, 2.05) is 39.0 Å². The average Bonchev–Trinajstić information content (AvgIpc) is 2.91. The molecule has 0 unspecified atom stereocenters. The smallest absolute Gasteiger partial charge is 0.264 e. The molecule has 0 fully saturated rings. The van der Waals surface area contributed by atoms with Gasteiger partial charge in [0.2, 0.25) is 11.8 Å². The molecule has 39 heavy (non-hydrogen) atoms. The van der Waals surface area contributed by atoms with Crippen LogP contribution < -0.4 is 14.4 Å². The molecule has 0 aliphatic carbocycles. The summed E-state index contributed by atoms with van der Waals surface area (Å²) >= 11 is 0. The minimum atomic E-state index is -4.11. The van der Waals surface area contributed by atoms with E-state index in [1.165, 1.54) is 17.0 Å². The molecule has 9 heteroatoms. The quantitative estimate of drug-likeness (QED) is 0.380. The van der Waals surface area contributed by atoms with Gasteiger partial charge in [0.15, 0.2) is 0 Å². The molecular weight excluding hydrogens is 514 g/mol. The molecule has 3 rings (SSSR count). The summed E-state index contributed by atoms with van der Waals surface area (Å²) in [5.41, 5.74) is 2.72. The summed E-state index contributed by atoms with van der Waals surface area (Å²) in [4.78, 5) is 28.5. The molecule has 0 saturated heterocycles. The van der Waals surface area contributed by atoms with Crippen LogP contribution in [-0.4, -0.2) is 50.9 Å². The van der Waals surface area contributed by atoms with Gasteiger partial charge in [0, 0.05) is 12.6 Å². The summed E-state index contributed by atoms with van der Waals surface area (Å²) < 4.78 is 34.3. The Kier molecular flexibility index (Phi) is 9.75. The van der Waals surface area contributed by atoms with Gasteiger partial charge >= 0.3 is 0 Å². The Labute approximate surface area is 231 Å². The van der Waals surface area contributed by atoms with Crippen LogP contribution in [0.2, 0.25) is 0 Å². The van der Waals surface area contributed by atoms with E-state index in [9.17, 15) is 18.0 Å². The maximum Gasteiger partial charge on any atom is 0.264 e. The molecule has 8 nitrogen and oxygen atoms in total. The van der Waals surface area contributed by atoms with Crippen LogP contribution in [-0.2, 0) is 26.2 Å². The number of methoxy groups -OCH3 is 1. The highest BCUT2D eigenvalue weighted by Crippen LogP contribution is 2.28. The maximum atomic E-state index is 14.0. The van der Waals surface area contributed by atoms with E-state index in [0.717, 1.165) is 15.4 Å². The third-order valence-corrected chi connectivity index (χ3v) is 8.10. The number of hydrogen-bond acceptors (Lipinski definition) is 5. The number of aryl methyl sites for hydroxylation is 2. The Balaban J connectivity index is 2.07. The molecule has 0 heterocycles. The van der Waals surface area contributed by atoms with E-state index in [4.69, 9.17) is 4.74 Å². The highest BCUT2D eigenvalue weighted by molar-refractivity contribution is 7.92. The van der Waals surface area contributed by atoms with Gasteiger partial charge in [-0.05, 0) is 81.6 Å². The lowest BCUT2D eigenvalue weighted by atomic mass is 10.1. The van der Waals surface area contributed by atoms with Crippen molar-refractivity contribution in [2.75, 3.05) is 18.0 Å². The van der Waals surface area contributed by atoms with Crippen LogP contribution in [0.1, 0.15) is 37.5 Å². The molecule has 0 spiro atoms. The molecule has 1 atom stereocenters. The number of benzene rings is 3. The Morgan fingerprint density at radius 3 is 2.26 bits per heavy atom. The van der Waals surface area contributed by atoms with Gasteiger partial charge in [-0.1, -0.05) is 42.5 Å². The zero-order valence-corrected chi connectivity index (χ0v) is 24.2. The molecule has 0 aliphatic rings. The summed E-state index contributed by atoms with van der Waals surface area (Å²) in [5, 5.41) is 2.85. The van der Waals surface area contributed by atoms with Gasteiger partial charge in [0.1, 0.15) is 18.3 Å². The molecule has 0 radical (unpaired) electrons. The Hall–Kier alpha value is -3.85. The maximum absolute atomic E-state index is 14.0. The van der Waals surface area contributed by atoms with Crippen LogP contribution in [0, 0.1) is 13.8 Å². The normalized spacial score (nSPS) is 12.1. The molecule has 2 amide bonds. The fraction of sp³-hybridized carbons (Fsp3) is 0.333. The van der Waals surface area contributed by atoms with Crippen molar-refractivity contribution in [1.29, 1.82) is 0 Å². The predicted octanol–water partition coefficient (Wildman–Crippen LogP) is 4.45. The second-order valence-electron chi connectivity index (χ2n) is 9.83. The van der Waals surface area contributed by atoms with Gasteiger partial charge in [-0.15, -0.1) is 0 Å². The number of sulfonamides is 1. The standard InChI is InChI=1S/C30H37N3O5S/c1-21(2)31-30(35)24(5)32(19-25-11-10-12-26(18-25)38-6)29(34)20-33(28-17-22(3)15-16-23(28)4)39(36,37)27-13-8-7-9-14-27/h7-18,21,24H,19-20H2,1-6H3,(H,31,35)/t24-/m1/s1. The SMILES string of the molecule is COc1cccc(CN(C(=O)CN(c2cc(C)ccc2C)S(=O)(=O)c2ccccc2)[C@H](C)C(=O)NC(C)C)c1. The van der Waals surface area contributed by atoms with Gasteiger partial charge in [0.25, 0.3) is 10.0 Å². The second-order valence-corrected chi connectivity index (χ2v) is 11.7. The molecule has 3 aromatic rings. The summed E-state index contributed by atoms with van der Waals surface area (Å²) in [7, 11) is -2.55. The lowest BCUT2D eigenvalue weighted by Crippen LogP contribution is -2.52. The first-order chi connectivity index (χ1) is 18.4. The lowest BCUT2D eigenvalue weighted by Gasteiger charge is -2.33. The highest BCUT2D eigenvalue weighted by Gasteiger charge is 2.33. The molecule has 3 aromatic carbocycles.